The molecule has 0 radical (unpaired) electrons. The van der Waals surface area contributed by atoms with Gasteiger partial charge in [0.25, 0.3) is 0 Å². The molecule has 1 aliphatic carbocycles. The van der Waals surface area contributed by atoms with E-state index in [2.05, 4.69) is 182 Å². The van der Waals surface area contributed by atoms with E-state index < -0.39 is 0 Å². The van der Waals surface area contributed by atoms with Crippen molar-refractivity contribution in [2.24, 2.45) is 0 Å². The number of para-hydroxylation sites is 2. The Bertz CT molecular complexity index is 3100. The summed E-state index contributed by atoms with van der Waals surface area (Å²) < 4.78 is 2.30. The zero-order chi connectivity index (χ0) is 34.6. The monoisotopic (exact) mass is 663 g/mol. The molecular formula is C49H33N3. The first-order valence-electron chi connectivity index (χ1n) is 18.0. The lowest BCUT2D eigenvalue weighted by molar-refractivity contribution is 0.661. The molecule has 0 fully saturated rings. The van der Waals surface area contributed by atoms with Crippen LogP contribution >= 0.6 is 0 Å². The van der Waals surface area contributed by atoms with Gasteiger partial charge in [-0.25, -0.2) is 9.97 Å². The Morgan fingerprint density at radius 3 is 1.98 bits per heavy atom. The molecule has 0 unspecified atom stereocenters. The summed E-state index contributed by atoms with van der Waals surface area (Å²) in [5, 5.41) is 8.27. The van der Waals surface area contributed by atoms with Gasteiger partial charge in [0.05, 0.1) is 22.2 Å². The van der Waals surface area contributed by atoms with E-state index in [0.29, 0.717) is 5.95 Å². The van der Waals surface area contributed by atoms with Crippen molar-refractivity contribution in [1.29, 1.82) is 0 Å². The molecular weight excluding hydrogens is 631 g/mol. The fourth-order valence-electron chi connectivity index (χ4n) is 8.92. The van der Waals surface area contributed by atoms with Crippen molar-refractivity contribution in [3.63, 3.8) is 0 Å². The Morgan fingerprint density at radius 1 is 0.462 bits per heavy atom. The quantitative estimate of drug-likeness (QED) is 0.176. The van der Waals surface area contributed by atoms with Crippen molar-refractivity contribution < 1.29 is 0 Å². The molecule has 10 aromatic rings. The minimum Gasteiger partial charge on any atom is -0.277 e. The number of hydrogen-bond donors (Lipinski definition) is 0. The van der Waals surface area contributed by atoms with E-state index in [4.69, 9.17) is 9.97 Å². The summed E-state index contributed by atoms with van der Waals surface area (Å²) in [5.74, 6) is 0.667. The molecule has 1 aliphatic rings. The lowest BCUT2D eigenvalue weighted by Crippen LogP contribution is -2.14. The van der Waals surface area contributed by atoms with Crippen molar-refractivity contribution in [2.45, 2.75) is 19.3 Å². The van der Waals surface area contributed by atoms with Crippen molar-refractivity contribution in [2.75, 3.05) is 0 Å². The highest BCUT2D eigenvalue weighted by molar-refractivity contribution is 6.15. The first-order valence-corrected chi connectivity index (χ1v) is 18.0. The second-order valence-electron chi connectivity index (χ2n) is 14.6. The largest absolute Gasteiger partial charge is 0.277 e. The first kappa shape index (κ1) is 29.2. The van der Waals surface area contributed by atoms with Gasteiger partial charge in [-0.05, 0) is 62.2 Å². The third kappa shape index (κ3) is 4.02. The van der Waals surface area contributed by atoms with Crippen molar-refractivity contribution in [3.05, 3.63) is 175 Å². The van der Waals surface area contributed by atoms with Gasteiger partial charge in [-0.1, -0.05) is 159 Å². The van der Waals surface area contributed by atoms with Crippen molar-refractivity contribution in [3.8, 4) is 39.5 Å². The van der Waals surface area contributed by atoms with E-state index in [0.717, 1.165) is 49.5 Å². The fourth-order valence-corrected chi connectivity index (χ4v) is 8.92. The van der Waals surface area contributed by atoms with E-state index in [1.165, 1.54) is 49.4 Å². The average molecular weight is 664 g/mol. The lowest BCUT2D eigenvalue weighted by Gasteiger charge is -2.21. The molecule has 11 rings (SSSR count). The van der Waals surface area contributed by atoms with Crippen LogP contribution in [0.5, 0.6) is 0 Å². The Balaban J connectivity index is 1.24. The number of fused-ring (bicyclic) bond motifs is 11. The van der Waals surface area contributed by atoms with Crippen LogP contribution in [0.1, 0.15) is 25.0 Å². The Morgan fingerprint density at radius 2 is 1.13 bits per heavy atom. The number of nitrogens with zero attached hydrogens (tertiary/aromatic N) is 3. The highest BCUT2D eigenvalue weighted by Crippen LogP contribution is 2.52. The summed E-state index contributed by atoms with van der Waals surface area (Å²) in [6.45, 7) is 4.71. The van der Waals surface area contributed by atoms with Crippen LogP contribution < -0.4 is 0 Å². The summed E-state index contributed by atoms with van der Waals surface area (Å²) in [4.78, 5) is 10.9. The Kier molecular flexibility index (Phi) is 6.01. The second kappa shape index (κ2) is 10.7. The minimum atomic E-state index is -0.0936. The summed E-state index contributed by atoms with van der Waals surface area (Å²) in [5.41, 5.74) is 12.8. The van der Waals surface area contributed by atoms with Gasteiger partial charge in [-0.3, -0.25) is 4.57 Å². The maximum atomic E-state index is 5.46. The predicted molar refractivity (Wildman–Crippen MR) is 217 cm³/mol. The highest BCUT2D eigenvalue weighted by atomic mass is 15.2. The zero-order valence-electron chi connectivity index (χ0n) is 28.9. The Labute approximate surface area is 301 Å². The van der Waals surface area contributed by atoms with E-state index in [1.807, 2.05) is 0 Å². The summed E-state index contributed by atoms with van der Waals surface area (Å²) in [7, 11) is 0. The van der Waals surface area contributed by atoms with E-state index in [9.17, 15) is 0 Å². The normalized spacial score (nSPS) is 13.3. The molecule has 244 valence electrons. The third-order valence-electron chi connectivity index (χ3n) is 11.4. The van der Waals surface area contributed by atoms with E-state index >= 15 is 0 Å². The van der Waals surface area contributed by atoms with Gasteiger partial charge in [0.15, 0.2) is 0 Å². The lowest BCUT2D eigenvalue weighted by atomic mass is 9.82. The van der Waals surface area contributed by atoms with Crippen LogP contribution in [-0.4, -0.2) is 14.5 Å². The van der Waals surface area contributed by atoms with Gasteiger partial charge in [0, 0.05) is 38.1 Å². The molecule has 0 amide bonds. The van der Waals surface area contributed by atoms with Crippen molar-refractivity contribution >= 4 is 54.3 Å². The first-order chi connectivity index (χ1) is 25.6. The molecule has 2 heterocycles. The minimum absolute atomic E-state index is 0.0936. The molecule has 0 saturated heterocycles. The molecule has 52 heavy (non-hydrogen) atoms. The summed E-state index contributed by atoms with van der Waals surface area (Å²) in [6, 6.07) is 59.3. The smallest absolute Gasteiger partial charge is 0.235 e. The van der Waals surface area contributed by atoms with Gasteiger partial charge in [0.2, 0.25) is 5.95 Å². The summed E-state index contributed by atoms with van der Waals surface area (Å²) in [6.07, 6.45) is 0. The van der Waals surface area contributed by atoms with Crippen LogP contribution in [0.3, 0.4) is 0 Å². The van der Waals surface area contributed by atoms with Crippen LogP contribution in [0.4, 0.5) is 0 Å². The standard InChI is InChI=1S/C49H33N3/c1-49(2)41-27-25-33(29-40(41)44-34-17-8-6-13-30(34)24-28-42(44)49)36-20-12-21-38-37-19-10-11-22-43(37)52(47(36)38)48-50-45(32-15-4-3-5-16-32)39-26-23-31-14-7-9-18-35(31)46(39)51-48/h3-29H,1-2H3. The molecule has 3 heteroatoms. The maximum Gasteiger partial charge on any atom is 0.235 e. The summed E-state index contributed by atoms with van der Waals surface area (Å²) >= 11 is 0. The molecule has 0 bridgehead atoms. The van der Waals surface area contributed by atoms with Gasteiger partial charge in [0.1, 0.15) is 0 Å². The number of benzene rings is 8. The van der Waals surface area contributed by atoms with Gasteiger partial charge >= 0.3 is 0 Å². The molecule has 8 aromatic carbocycles. The van der Waals surface area contributed by atoms with Gasteiger partial charge in [-0.15, -0.1) is 0 Å². The third-order valence-corrected chi connectivity index (χ3v) is 11.4. The van der Waals surface area contributed by atoms with Crippen LogP contribution in [0.15, 0.2) is 164 Å². The average Bonchev–Trinajstić information content (AvgIpc) is 3.66. The zero-order valence-corrected chi connectivity index (χ0v) is 28.9. The van der Waals surface area contributed by atoms with Crippen molar-refractivity contribution in [1.82, 2.24) is 14.5 Å². The molecule has 0 N–H and O–H groups in total. The predicted octanol–water partition coefficient (Wildman–Crippen LogP) is 12.7. The van der Waals surface area contributed by atoms with Gasteiger partial charge < -0.3 is 0 Å². The van der Waals surface area contributed by atoms with Crippen LogP contribution in [0, 0.1) is 0 Å². The molecule has 0 atom stereocenters. The Hall–Kier alpha value is -6.58. The number of aromatic nitrogens is 3. The van der Waals surface area contributed by atoms with Crippen LogP contribution in [-0.2, 0) is 5.41 Å². The molecule has 2 aromatic heterocycles. The molecule has 0 saturated carbocycles. The van der Waals surface area contributed by atoms with E-state index in [-0.39, 0.29) is 5.41 Å². The second-order valence-corrected chi connectivity index (χ2v) is 14.6. The topological polar surface area (TPSA) is 30.7 Å². The molecule has 0 aliphatic heterocycles. The highest BCUT2D eigenvalue weighted by Gasteiger charge is 2.36. The molecule has 3 nitrogen and oxygen atoms in total. The number of rotatable bonds is 3. The van der Waals surface area contributed by atoms with Gasteiger partial charge in [-0.2, -0.15) is 0 Å². The van der Waals surface area contributed by atoms with Crippen LogP contribution in [0.25, 0.3) is 93.7 Å². The van der Waals surface area contributed by atoms with E-state index in [1.54, 1.807) is 0 Å². The fraction of sp³-hybridized carbons (Fsp3) is 0.0612. The number of hydrogen-bond acceptors (Lipinski definition) is 2. The van der Waals surface area contributed by atoms with Crippen LogP contribution in [0.2, 0.25) is 0 Å². The molecule has 0 spiro atoms. The SMILES string of the molecule is CC1(C)c2ccc(-c3cccc4c5ccccc5n(-c5nc(-c6ccccc6)c6ccc7ccccc7c6n5)c34)cc2-c2c1ccc1ccccc21. The maximum absolute atomic E-state index is 5.46.